The molecule has 2 rings (SSSR count). The highest BCUT2D eigenvalue weighted by atomic mass is 35.5. The van der Waals surface area contributed by atoms with Crippen LogP contribution in [-0.2, 0) is 0 Å². The minimum atomic E-state index is -0.470. The van der Waals surface area contributed by atoms with Crippen molar-refractivity contribution in [2.75, 3.05) is 5.73 Å². The Kier molecular flexibility index (Phi) is 2.77. The van der Waals surface area contributed by atoms with E-state index in [2.05, 4.69) is 5.10 Å². The maximum Gasteiger partial charge on any atom is 0.275 e. The van der Waals surface area contributed by atoms with Gasteiger partial charge in [0, 0.05) is 5.02 Å². The number of nitrogens with zero attached hydrogens (tertiary/aromatic N) is 2. The van der Waals surface area contributed by atoms with E-state index in [4.69, 9.17) is 17.3 Å². The molecule has 2 aromatic rings. The van der Waals surface area contributed by atoms with Gasteiger partial charge in [-0.25, -0.2) is 0 Å². The second kappa shape index (κ2) is 4.10. The molecule has 1 heterocycles. The third-order valence-corrected chi connectivity index (χ3v) is 2.57. The summed E-state index contributed by atoms with van der Waals surface area (Å²) in [5.74, 6) is -0.435. The number of hydrogen-bond acceptors (Lipinski definition) is 4. The fraction of sp³-hybridized carbons (Fsp3) is 0.0909. The van der Waals surface area contributed by atoms with Crippen LogP contribution in [0.25, 0.3) is 5.69 Å². The molecule has 0 amide bonds. The summed E-state index contributed by atoms with van der Waals surface area (Å²) in [5, 5.41) is 13.6. The summed E-state index contributed by atoms with van der Waals surface area (Å²) in [6.45, 7) is 1.82. The fourth-order valence-corrected chi connectivity index (χ4v) is 1.61. The summed E-state index contributed by atoms with van der Waals surface area (Å²) in [6, 6.07) is 6.12. The van der Waals surface area contributed by atoms with Crippen LogP contribution in [0.2, 0.25) is 5.02 Å². The number of aromatic hydroxyl groups is 1. The smallest absolute Gasteiger partial charge is 0.275 e. The Bertz CT molecular complexity index is 637. The average molecular weight is 252 g/mol. The van der Waals surface area contributed by atoms with Gasteiger partial charge in [-0.3, -0.25) is 4.79 Å². The first-order chi connectivity index (χ1) is 7.99. The molecule has 0 saturated heterocycles. The van der Waals surface area contributed by atoms with E-state index in [1.807, 2.05) is 6.92 Å². The van der Waals surface area contributed by atoms with Crippen LogP contribution in [0.4, 0.5) is 5.82 Å². The SMILES string of the molecule is Cc1ccc(Cl)cc1-n1nc(N)c(O)cc1=O. The van der Waals surface area contributed by atoms with Crippen LogP contribution in [0.15, 0.2) is 29.1 Å². The van der Waals surface area contributed by atoms with Gasteiger partial charge in [-0.2, -0.15) is 4.68 Å². The number of nitrogen functional groups attached to an aromatic ring is 1. The number of nitrogens with two attached hydrogens (primary N) is 1. The lowest BCUT2D eigenvalue weighted by Gasteiger charge is -2.09. The first-order valence-corrected chi connectivity index (χ1v) is 5.22. The Labute approximate surface area is 102 Å². The first-order valence-electron chi connectivity index (χ1n) is 4.84. The van der Waals surface area contributed by atoms with Crippen molar-refractivity contribution in [2.45, 2.75) is 6.92 Å². The van der Waals surface area contributed by atoms with Crippen LogP contribution in [0.3, 0.4) is 0 Å². The van der Waals surface area contributed by atoms with Crippen LogP contribution in [0.1, 0.15) is 5.56 Å². The van der Waals surface area contributed by atoms with Crippen molar-refractivity contribution in [1.82, 2.24) is 9.78 Å². The van der Waals surface area contributed by atoms with Gasteiger partial charge in [0.2, 0.25) is 0 Å². The van der Waals surface area contributed by atoms with Gasteiger partial charge in [0.15, 0.2) is 11.6 Å². The van der Waals surface area contributed by atoms with Crippen molar-refractivity contribution in [1.29, 1.82) is 0 Å². The highest BCUT2D eigenvalue weighted by Crippen LogP contribution is 2.19. The molecule has 0 fully saturated rings. The molecule has 3 N–H and O–H groups in total. The van der Waals surface area contributed by atoms with Crippen molar-refractivity contribution in [3.63, 3.8) is 0 Å². The standard InChI is InChI=1S/C11H10ClN3O2/c1-6-2-3-7(12)4-8(6)15-10(17)5-9(16)11(13)14-15/h2-5,16H,1H3,(H2,13,14). The lowest BCUT2D eigenvalue weighted by atomic mass is 10.2. The van der Waals surface area contributed by atoms with Crippen molar-refractivity contribution >= 4 is 17.4 Å². The first kappa shape index (κ1) is 11.5. The molecule has 17 heavy (non-hydrogen) atoms. The molecular weight excluding hydrogens is 242 g/mol. The normalized spacial score (nSPS) is 10.5. The molecular formula is C11H10ClN3O2. The summed E-state index contributed by atoms with van der Waals surface area (Å²) in [7, 11) is 0. The van der Waals surface area contributed by atoms with Crippen molar-refractivity contribution < 1.29 is 5.11 Å². The van der Waals surface area contributed by atoms with E-state index in [9.17, 15) is 9.90 Å². The predicted molar refractivity (Wildman–Crippen MR) is 65.7 cm³/mol. The van der Waals surface area contributed by atoms with E-state index in [0.29, 0.717) is 10.7 Å². The Morgan fingerprint density at radius 2 is 2.12 bits per heavy atom. The van der Waals surface area contributed by atoms with E-state index in [1.165, 1.54) is 0 Å². The van der Waals surface area contributed by atoms with Crippen molar-refractivity contribution in [3.05, 3.63) is 45.2 Å². The largest absolute Gasteiger partial charge is 0.504 e. The zero-order valence-electron chi connectivity index (χ0n) is 9.01. The number of anilines is 1. The van der Waals surface area contributed by atoms with Crippen LogP contribution in [-0.4, -0.2) is 14.9 Å². The lowest BCUT2D eigenvalue weighted by molar-refractivity contribution is 0.471. The molecule has 0 aliphatic heterocycles. The molecule has 88 valence electrons. The molecule has 0 aliphatic carbocycles. The lowest BCUT2D eigenvalue weighted by Crippen LogP contribution is -2.22. The number of benzene rings is 1. The predicted octanol–water partition coefficient (Wildman–Crippen LogP) is 1.48. The Morgan fingerprint density at radius 1 is 1.41 bits per heavy atom. The molecule has 1 aromatic heterocycles. The van der Waals surface area contributed by atoms with E-state index in [-0.39, 0.29) is 11.6 Å². The molecule has 0 atom stereocenters. The fourth-order valence-electron chi connectivity index (χ4n) is 1.44. The minimum absolute atomic E-state index is 0.107. The zero-order valence-corrected chi connectivity index (χ0v) is 9.77. The summed E-state index contributed by atoms with van der Waals surface area (Å²) in [5.41, 5.74) is 6.36. The van der Waals surface area contributed by atoms with Gasteiger partial charge in [0.25, 0.3) is 5.56 Å². The summed E-state index contributed by atoms with van der Waals surface area (Å²) in [6.07, 6.45) is 0. The van der Waals surface area contributed by atoms with E-state index in [0.717, 1.165) is 16.3 Å². The second-order valence-corrected chi connectivity index (χ2v) is 4.03. The van der Waals surface area contributed by atoms with E-state index in [1.54, 1.807) is 18.2 Å². The third-order valence-electron chi connectivity index (χ3n) is 2.34. The van der Waals surface area contributed by atoms with Gasteiger partial charge in [0.05, 0.1) is 11.8 Å². The van der Waals surface area contributed by atoms with E-state index >= 15 is 0 Å². The monoisotopic (exact) mass is 251 g/mol. The van der Waals surface area contributed by atoms with Crippen LogP contribution in [0, 0.1) is 6.92 Å². The van der Waals surface area contributed by atoms with Gasteiger partial charge in [-0.05, 0) is 24.6 Å². The number of aromatic nitrogens is 2. The topological polar surface area (TPSA) is 81.1 Å². The third kappa shape index (κ3) is 2.09. The summed E-state index contributed by atoms with van der Waals surface area (Å²) < 4.78 is 1.11. The molecule has 5 nitrogen and oxygen atoms in total. The number of hydrogen-bond donors (Lipinski definition) is 2. The van der Waals surface area contributed by atoms with Gasteiger partial charge >= 0.3 is 0 Å². The molecule has 0 unspecified atom stereocenters. The van der Waals surface area contributed by atoms with Crippen LogP contribution < -0.4 is 11.3 Å². The molecule has 0 radical (unpaired) electrons. The highest BCUT2D eigenvalue weighted by Gasteiger charge is 2.09. The Hall–Kier alpha value is -2.01. The highest BCUT2D eigenvalue weighted by molar-refractivity contribution is 6.30. The summed E-state index contributed by atoms with van der Waals surface area (Å²) >= 11 is 5.87. The molecule has 0 saturated carbocycles. The maximum absolute atomic E-state index is 11.7. The number of halogens is 1. The zero-order chi connectivity index (χ0) is 12.6. The molecule has 0 spiro atoms. The van der Waals surface area contributed by atoms with Gasteiger partial charge in [-0.15, -0.1) is 5.10 Å². The average Bonchev–Trinajstić information content (AvgIpc) is 2.27. The maximum atomic E-state index is 11.7. The van der Waals surface area contributed by atoms with Crippen molar-refractivity contribution in [2.24, 2.45) is 0 Å². The van der Waals surface area contributed by atoms with Gasteiger partial charge in [0.1, 0.15) is 0 Å². The van der Waals surface area contributed by atoms with Crippen LogP contribution >= 0.6 is 11.6 Å². The molecule has 6 heteroatoms. The quantitative estimate of drug-likeness (QED) is 0.804. The molecule has 0 bridgehead atoms. The molecule has 0 aliphatic rings. The van der Waals surface area contributed by atoms with Crippen LogP contribution in [0.5, 0.6) is 5.75 Å². The number of aryl methyl sites for hydroxylation is 1. The second-order valence-electron chi connectivity index (χ2n) is 3.60. The minimum Gasteiger partial charge on any atom is -0.504 e. The van der Waals surface area contributed by atoms with E-state index < -0.39 is 5.56 Å². The number of rotatable bonds is 1. The van der Waals surface area contributed by atoms with Crippen molar-refractivity contribution in [3.8, 4) is 11.4 Å². The van der Waals surface area contributed by atoms with Gasteiger partial charge in [-0.1, -0.05) is 17.7 Å². The summed E-state index contributed by atoms with van der Waals surface area (Å²) in [4.78, 5) is 11.7. The Balaban J connectivity index is 2.72. The van der Waals surface area contributed by atoms with Gasteiger partial charge < -0.3 is 10.8 Å². The molecule has 1 aromatic carbocycles. The Morgan fingerprint density at radius 3 is 2.82 bits per heavy atom.